The van der Waals surface area contributed by atoms with Gasteiger partial charge in [-0.2, -0.15) is 0 Å². The Kier molecular flexibility index (Phi) is 8.08. The Morgan fingerprint density at radius 2 is 1.79 bits per heavy atom. The Bertz CT molecular complexity index is 127. The molecule has 2 atom stereocenters. The van der Waals surface area contributed by atoms with Crippen molar-refractivity contribution >= 4 is 0 Å². The fourth-order valence-electron chi connectivity index (χ4n) is 1.20. The zero-order valence-electron chi connectivity index (χ0n) is 9.69. The normalized spacial score (nSPS) is 15.9. The second-order valence-corrected chi connectivity index (χ2v) is 3.20. The average Bonchev–Trinajstić information content (AvgIpc) is 2.11. The first kappa shape index (κ1) is 13.8. The van der Waals surface area contributed by atoms with Gasteiger partial charge in [-0.15, -0.1) is 0 Å². The topological polar surface area (TPSA) is 41.9 Å². The smallest absolute Gasteiger partial charge is 0.157 e. The van der Waals surface area contributed by atoms with Gasteiger partial charge < -0.3 is 19.5 Å². The third-order valence-electron chi connectivity index (χ3n) is 2.04. The molecule has 14 heavy (non-hydrogen) atoms. The third-order valence-corrected chi connectivity index (χ3v) is 2.04. The third kappa shape index (κ3) is 7.26. The van der Waals surface area contributed by atoms with E-state index in [0.29, 0.717) is 6.61 Å². The van der Waals surface area contributed by atoms with Crippen LogP contribution in [0.2, 0.25) is 0 Å². The molecule has 86 valence electrons. The lowest BCUT2D eigenvalue weighted by Gasteiger charge is -2.20. The lowest BCUT2D eigenvalue weighted by molar-refractivity contribution is -0.213. The molecule has 0 aliphatic rings. The zero-order valence-corrected chi connectivity index (χ0v) is 9.69. The summed E-state index contributed by atoms with van der Waals surface area (Å²) in [6.45, 7) is 11.2. The fraction of sp³-hybridized carbons (Fsp3) is 1.00. The predicted molar refractivity (Wildman–Crippen MR) is 56.0 cm³/mol. The minimum atomic E-state index is -0.765. The summed E-state index contributed by atoms with van der Waals surface area (Å²) in [5, 5.41) is 8.91. The summed E-state index contributed by atoms with van der Waals surface area (Å²) in [6, 6.07) is 0. The predicted octanol–water partition coefficient (Wildman–Crippen LogP) is 1.05. The second kappa shape index (κ2) is 8.17. The molecule has 0 saturated carbocycles. The maximum atomic E-state index is 8.91. The number of hydrogen-bond donors (Lipinski definition) is 1. The van der Waals surface area contributed by atoms with Crippen molar-refractivity contribution in [2.75, 3.05) is 26.2 Å². The van der Waals surface area contributed by atoms with Crippen molar-refractivity contribution < 1.29 is 14.6 Å². The van der Waals surface area contributed by atoms with Crippen LogP contribution < -0.4 is 0 Å². The summed E-state index contributed by atoms with van der Waals surface area (Å²) < 4.78 is 10.4. The number of likely N-dealkylation sites (N-methyl/N-ethyl adjacent to an activating group) is 1. The minimum absolute atomic E-state index is 0.342. The molecule has 1 N–H and O–H groups in total. The van der Waals surface area contributed by atoms with Crippen LogP contribution in [0.15, 0.2) is 0 Å². The number of nitrogens with zero attached hydrogens (tertiary/aromatic N) is 1. The molecule has 0 spiro atoms. The summed E-state index contributed by atoms with van der Waals surface area (Å²) in [4.78, 5) is 2.27. The summed E-state index contributed by atoms with van der Waals surface area (Å²) in [6.07, 6.45) is -1.11. The van der Waals surface area contributed by atoms with Gasteiger partial charge in [0.15, 0.2) is 12.6 Å². The highest BCUT2D eigenvalue weighted by Gasteiger charge is 2.06. The molecule has 0 radical (unpaired) electrons. The van der Waals surface area contributed by atoms with E-state index in [1.807, 2.05) is 0 Å². The van der Waals surface area contributed by atoms with E-state index in [2.05, 4.69) is 18.7 Å². The van der Waals surface area contributed by atoms with Crippen LogP contribution in [0.4, 0.5) is 0 Å². The summed E-state index contributed by atoms with van der Waals surface area (Å²) in [5.41, 5.74) is 0. The number of rotatable bonds is 8. The van der Waals surface area contributed by atoms with E-state index in [-0.39, 0.29) is 6.29 Å². The first-order valence-electron chi connectivity index (χ1n) is 5.27. The van der Waals surface area contributed by atoms with Gasteiger partial charge in [0.25, 0.3) is 0 Å². The Morgan fingerprint density at radius 3 is 2.21 bits per heavy atom. The van der Waals surface area contributed by atoms with Crippen molar-refractivity contribution in [3.63, 3.8) is 0 Å². The van der Waals surface area contributed by atoms with Gasteiger partial charge in [-0.25, -0.2) is 0 Å². The molecule has 0 heterocycles. The van der Waals surface area contributed by atoms with E-state index >= 15 is 0 Å². The molecule has 0 rings (SSSR count). The highest BCUT2D eigenvalue weighted by molar-refractivity contribution is 4.50. The monoisotopic (exact) mass is 205 g/mol. The molecule has 0 fully saturated rings. The van der Waals surface area contributed by atoms with Gasteiger partial charge in [0.2, 0.25) is 0 Å². The molecule has 0 aromatic rings. The Morgan fingerprint density at radius 1 is 1.21 bits per heavy atom. The lowest BCUT2D eigenvalue weighted by Crippen LogP contribution is -2.29. The molecule has 0 aromatic carbocycles. The van der Waals surface area contributed by atoms with Gasteiger partial charge in [0.1, 0.15) is 0 Å². The molecular formula is C10H23NO3. The van der Waals surface area contributed by atoms with E-state index in [1.165, 1.54) is 0 Å². The maximum absolute atomic E-state index is 8.91. The van der Waals surface area contributed by atoms with E-state index in [0.717, 1.165) is 19.6 Å². The van der Waals surface area contributed by atoms with Gasteiger partial charge in [0.05, 0.1) is 6.61 Å². The molecular weight excluding hydrogens is 182 g/mol. The van der Waals surface area contributed by atoms with Crippen molar-refractivity contribution in [1.29, 1.82) is 0 Å². The lowest BCUT2D eigenvalue weighted by atomic mass is 10.5. The van der Waals surface area contributed by atoms with Gasteiger partial charge in [0, 0.05) is 6.54 Å². The molecule has 0 aromatic heterocycles. The number of ether oxygens (including phenoxy) is 2. The molecule has 4 nitrogen and oxygen atoms in total. The molecule has 0 amide bonds. The summed E-state index contributed by atoms with van der Waals surface area (Å²) >= 11 is 0. The van der Waals surface area contributed by atoms with E-state index in [1.54, 1.807) is 13.8 Å². The van der Waals surface area contributed by atoms with Crippen LogP contribution in [0.3, 0.4) is 0 Å². The van der Waals surface area contributed by atoms with Gasteiger partial charge in [-0.1, -0.05) is 13.8 Å². The maximum Gasteiger partial charge on any atom is 0.157 e. The highest BCUT2D eigenvalue weighted by Crippen LogP contribution is 1.97. The van der Waals surface area contributed by atoms with Crippen molar-refractivity contribution in [2.24, 2.45) is 0 Å². The van der Waals surface area contributed by atoms with Crippen LogP contribution in [0.25, 0.3) is 0 Å². The van der Waals surface area contributed by atoms with Crippen LogP contribution >= 0.6 is 0 Å². The Labute approximate surface area is 86.8 Å². The SMILES string of the molecule is CCN(CC)CCOC(C)OC(C)O. The van der Waals surface area contributed by atoms with Crippen molar-refractivity contribution in [3.8, 4) is 0 Å². The molecule has 0 aliphatic heterocycles. The van der Waals surface area contributed by atoms with E-state index in [4.69, 9.17) is 14.6 Å². The van der Waals surface area contributed by atoms with E-state index < -0.39 is 6.29 Å². The van der Waals surface area contributed by atoms with E-state index in [9.17, 15) is 0 Å². The fourth-order valence-corrected chi connectivity index (χ4v) is 1.20. The van der Waals surface area contributed by atoms with Gasteiger partial charge in [-0.05, 0) is 26.9 Å². The molecule has 0 bridgehead atoms. The largest absolute Gasteiger partial charge is 0.368 e. The first-order valence-corrected chi connectivity index (χ1v) is 5.27. The number of aliphatic hydroxyl groups excluding tert-OH is 1. The molecule has 4 heteroatoms. The Hall–Kier alpha value is -0.160. The second-order valence-electron chi connectivity index (χ2n) is 3.20. The van der Waals surface area contributed by atoms with Crippen LogP contribution in [-0.2, 0) is 9.47 Å². The van der Waals surface area contributed by atoms with Crippen LogP contribution in [0.5, 0.6) is 0 Å². The van der Waals surface area contributed by atoms with Gasteiger partial charge in [-0.3, -0.25) is 0 Å². The standard InChI is InChI=1S/C10H23NO3/c1-5-11(6-2)7-8-13-10(4)14-9(3)12/h9-10,12H,5-8H2,1-4H3. The molecule has 0 saturated heterocycles. The average molecular weight is 205 g/mol. The Balaban J connectivity index is 3.42. The summed E-state index contributed by atoms with van der Waals surface area (Å²) in [5.74, 6) is 0. The van der Waals surface area contributed by atoms with Crippen molar-refractivity contribution in [1.82, 2.24) is 4.90 Å². The van der Waals surface area contributed by atoms with Gasteiger partial charge >= 0.3 is 0 Å². The highest BCUT2D eigenvalue weighted by atomic mass is 16.7. The van der Waals surface area contributed by atoms with Crippen molar-refractivity contribution in [2.45, 2.75) is 40.3 Å². The zero-order chi connectivity index (χ0) is 11.0. The summed E-state index contributed by atoms with van der Waals surface area (Å²) in [7, 11) is 0. The van der Waals surface area contributed by atoms with Crippen LogP contribution in [-0.4, -0.2) is 48.8 Å². The van der Waals surface area contributed by atoms with Crippen molar-refractivity contribution in [3.05, 3.63) is 0 Å². The van der Waals surface area contributed by atoms with Crippen LogP contribution in [0, 0.1) is 0 Å². The number of hydrogen-bond acceptors (Lipinski definition) is 4. The molecule has 0 aliphatic carbocycles. The number of aliphatic hydroxyl groups is 1. The molecule has 2 unspecified atom stereocenters. The van der Waals surface area contributed by atoms with Crippen LogP contribution in [0.1, 0.15) is 27.7 Å². The quantitative estimate of drug-likeness (QED) is 0.601. The first-order chi connectivity index (χ1) is 6.60. The minimum Gasteiger partial charge on any atom is -0.368 e.